The van der Waals surface area contributed by atoms with E-state index in [4.69, 9.17) is 19.1 Å². The Morgan fingerprint density at radius 2 is 1.90 bits per heavy atom. The van der Waals surface area contributed by atoms with Crippen molar-refractivity contribution >= 4 is 17.7 Å². The van der Waals surface area contributed by atoms with Gasteiger partial charge in [0, 0.05) is 30.2 Å². The number of aromatic nitrogens is 1. The fraction of sp³-hybridized carbons (Fsp3) is 0.273. The third kappa shape index (κ3) is 5.75. The number of hydrogen-bond acceptors (Lipinski definition) is 6. The summed E-state index contributed by atoms with van der Waals surface area (Å²) in [6.45, 7) is 2.24. The molecule has 0 saturated carbocycles. The van der Waals surface area contributed by atoms with Crippen LogP contribution in [0.25, 0.3) is 11.3 Å². The highest BCUT2D eigenvalue weighted by atomic mass is 32.2. The lowest BCUT2D eigenvalue weighted by molar-refractivity contribution is -0.139. The van der Waals surface area contributed by atoms with E-state index in [2.05, 4.69) is 5.16 Å². The fourth-order valence-electron chi connectivity index (χ4n) is 2.81. The molecule has 0 amide bonds. The Kier molecular flexibility index (Phi) is 6.84. The minimum Gasteiger partial charge on any atom is -0.495 e. The van der Waals surface area contributed by atoms with Crippen LogP contribution in [-0.2, 0) is 16.5 Å². The molecule has 0 aliphatic heterocycles. The Bertz CT molecular complexity index is 1060. The summed E-state index contributed by atoms with van der Waals surface area (Å²) in [4.78, 5) is 11.5. The van der Waals surface area contributed by atoms with Gasteiger partial charge >= 0.3 is 5.97 Å². The number of carbonyl (C=O) groups is 1. The molecule has 0 atom stereocenters. The molecular weight excluding hydrogens is 428 g/mol. The molecule has 3 rings (SSSR count). The van der Waals surface area contributed by atoms with Crippen LogP contribution in [-0.4, -0.2) is 29.9 Å². The zero-order valence-electron chi connectivity index (χ0n) is 17.1. The summed E-state index contributed by atoms with van der Waals surface area (Å²) >= 11 is 1.46. The van der Waals surface area contributed by atoms with E-state index in [0.717, 1.165) is 17.4 Å². The van der Waals surface area contributed by atoms with Gasteiger partial charge in [0.25, 0.3) is 5.92 Å². The van der Waals surface area contributed by atoms with E-state index in [1.54, 1.807) is 24.3 Å². The average molecular weight is 449 g/mol. The van der Waals surface area contributed by atoms with Crippen LogP contribution < -0.4 is 9.47 Å². The van der Waals surface area contributed by atoms with Gasteiger partial charge in [-0.15, -0.1) is 11.8 Å². The molecule has 9 heteroatoms. The molecule has 164 valence electrons. The third-order valence-electron chi connectivity index (χ3n) is 4.43. The second kappa shape index (κ2) is 9.38. The highest BCUT2D eigenvalue weighted by molar-refractivity contribution is 7.98. The monoisotopic (exact) mass is 449 g/mol. The number of carboxylic acids is 1. The first-order valence-corrected chi connectivity index (χ1v) is 10.3. The smallest absolute Gasteiger partial charge is 0.341 e. The molecule has 0 aliphatic carbocycles. The molecule has 1 heterocycles. The number of carboxylic acid groups (broad SMARTS) is 1. The molecule has 1 N–H and O–H groups in total. The number of alkyl halides is 2. The van der Waals surface area contributed by atoms with E-state index in [9.17, 15) is 13.6 Å². The number of methoxy groups -OCH3 is 1. The highest BCUT2D eigenvalue weighted by Crippen LogP contribution is 2.37. The first-order chi connectivity index (χ1) is 14.7. The number of rotatable bonds is 9. The maximum atomic E-state index is 13.4. The van der Waals surface area contributed by atoms with Crippen molar-refractivity contribution in [1.29, 1.82) is 0 Å². The molecule has 3 aromatic rings. The summed E-state index contributed by atoms with van der Waals surface area (Å²) in [5.74, 6) is -1.90. The molecule has 31 heavy (non-hydrogen) atoms. The van der Waals surface area contributed by atoms with Crippen molar-refractivity contribution in [2.75, 3.05) is 13.7 Å². The topological polar surface area (TPSA) is 81.8 Å². The van der Waals surface area contributed by atoms with E-state index >= 15 is 0 Å². The summed E-state index contributed by atoms with van der Waals surface area (Å²) in [6.07, 6.45) is 0. The van der Waals surface area contributed by atoms with Gasteiger partial charge in [-0.25, -0.2) is 13.6 Å². The second-order valence-corrected chi connectivity index (χ2v) is 7.90. The number of benzene rings is 2. The Hall–Kier alpha value is -3.07. The van der Waals surface area contributed by atoms with Crippen LogP contribution in [0.5, 0.6) is 11.5 Å². The Balaban J connectivity index is 1.70. The SMILES string of the molecule is COc1cc(OCC(=O)O)c(C)cc1SCc1cc(-c2ccc(C(C)(F)F)cc2)no1. The van der Waals surface area contributed by atoms with E-state index in [-0.39, 0.29) is 5.56 Å². The maximum Gasteiger partial charge on any atom is 0.341 e. The molecule has 0 aliphatic rings. The lowest BCUT2D eigenvalue weighted by Crippen LogP contribution is -2.10. The van der Waals surface area contributed by atoms with E-state index in [1.807, 2.05) is 13.0 Å². The van der Waals surface area contributed by atoms with Gasteiger partial charge in [-0.1, -0.05) is 29.4 Å². The summed E-state index contributed by atoms with van der Waals surface area (Å²) in [5.41, 5.74) is 1.95. The first-order valence-electron chi connectivity index (χ1n) is 9.27. The Morgan fingerprint density at radius 3 is 2.52 bits per heavy atom. The van der Waals surface area contributed by atoms with Crippen molar-refractivity contribution < 1.29 is 32.7 Å². The van der Waals surface area contributed by atoms with Crippen LogP contribution in [0.3, 0.4) is 0 Å². The third-order valence-corrected chi connectivity index (χ3v) is 5.49. The van der Waals surface area contributed by atoms with Gasteiger partial charge in [0.05, 0.1) is 17.8 Å². The minimum atomic E-state index is -2.89. The minimum absolute atomic E-state index is 0.0613. The number of ether oxygens (including phenoxy) is 2. The van der Waals surface area contributed by atoms with Gasteiger partial charge in [-0.3, -0.25) is 0 Å². The van der Waals surface area contributed by atoms with Gasteiger partial charge in [-0.05, 0) is 18.6 Å². The number of halogens is 2. The largest absolute Gasteiger partial charge is 0.495 e. The van der Waals surface area contributed by atoms with Crippen molar-refractivity contribution in [3.63, 3.8) is 0 Å². The van der Waals surface area contributed by atoms with Crippen molar-refractivity contribution in [2.45, 2.75) is 30.4 Å². The molecule has 0 bridgehead atoms. The summed E-state index contributed by atoms with van der Waals surface area (Å²) in [5, 5.41) is 12.8. The van der Waals surface area contributed by atoms with Gasteiger partial charge in [0.15, 0.2) is 6.61 Å². The molecular formula is C22H21F2NO5S. The molecule has 6 nitrogen and oxygen atoms in total. The number of thioether (sulfide) groups is 1. The summed E-state index contributed by atoms with van der Waals surface area (Å²) in [6, 6.07) is 11.2. The summed E-state index contributed by atoms with van der Waals surface area (Å²) in [7, 11) is 1.52. The van der Waals surface area contributed by atoms with Crippen LogP contribution in [0.2, 0.25) is 0 Å². The van der Waals surface area contributed by atoms with Gasteiger partial charge in [-0.2, -0.15) is 0 Å². The Labute approximate surface area is 182 Å². The van der Waals surface area contributed by atoms with Crippen molar-refractivity contribution in [3.8, 4) is 22.8 Å². The summed E-state index contributed by atoms with van der Waals surface area (Å²) < 4.78 is 42.8. The van der Waals surface area contributed by atoms with Crippen molar-refractivity contribution in [1.82, 2.24) is 5.16 Å². The van der Waals surface area contributed by atoms with Crippen LogP contribution in [0.4, 0.5) is 8.78 Å². The zero-order valence-corrected chi connectivity index (χ0v) is 18.0. The zero-order chi connectivity index (χ0) is 22.6. The molecule has 0 fully saturated rings. The number of hydrogen-bond donors (Lipinski definition) is 1. The maximum absolute atomic E-state index is 13.4. The highest BCUT2D eigenvalue weighted by Gasteiger charge is 2.24. The molecule has 0 saturated heterocycles. The van der Waals surface area contributed by atoms with Gasteiger partial charge < -0.3 is 19.1 Å². The number of aliphatic carboxylic acids is 1. The fourth-order valence-corrected chi connectivity index (χ4v) is 3.79. The normalized spacial score (nSPS) is 11.4. The first kappa shape index (κ1) is 22.6. The molecule has 0 spiro atoms. The molecule has 2 aromatic carbocycles. The number of aryl methyl sites for hydroxylation is 1. The Morgan fingerprint density at radius 1 is 1.19 bits per heavy atom. The van der Waals surface area contributed by atoms with Crippen LogP contribution >= 0.6 is 11.8 Å². The van der Waals surface area contributed by atoms with Crippen molar-refractivity contribution in [3.05, 3.63) is 59.4 Å². The molecule has 0 unspecified atom stereocenters. The predicted octanol–water partition coefficient (Wildman–Crippen LogP) is 5.53. The van der Waals surface area contributed by atoms with E-state index in [0.29, 0.717) is 34.3 Å². The number of nitrogens with zero attached hydrogens (tertiary/aromatic N) is 1. The van der Waals surface area contributed by atoms with E-state index < -0.39 is 18.5 Å². The predicted molar refractivity (Wildman–Crippen MR) is 112 cm³/mol. The standard InChI is InChI=1S/C22H21F2NO5S/c1-13-8-20(19(28-3)10-18(13)29-11-21(26)27)31-12-16-9-17(25-30-16)14-4-6-15(7-5-14)22(2,23)24/h4-10H,11-12H2,1-3H3,(H,26,27). The lowest BCUT2D eigenvalue weighted by Gasteiger charge is -2.13. The average Bonchev–Trinajstić information content (AvgIpc) is 3.20. The lowest BCUT2D eigenvalue weighted by atomic mass is 10.1. The van der Waals surface area contributed by atoms with Crippen LogP contribution in [0.15, 0.2) is 51.9 Å². The van der Waals surface area contributed by atoms with Crippen molar-refractivity contribution in [2.24, 2.45) is 0 Å². The van der Waals surface area contributed by atoms with Gasteiger partial charge in [0.1, 0.15) is 23.0 Å². The molecule has 0 radical (unpaired) electrons. The molecule has 1 aromatic heterocycles. The second-order valence-electron chi connectivity index (χ2n) is 6.88. The van der Waals surface area contributed by atoms with Crippen LogP contribution in [0.1, 0.15) is 23.8 Å². The van der Waals surface area contributed by atoms with Crippen LogP contribution in [0, 0.1) is 6.92 Å². The van der Waals surface area contributed by atoms with Gasteiger partial charge in [0.2, 0.25) is 0 Å². The quantitative estimate of drug-likeness (QED) is 0.430. The van der Waals surface area contributed by atoms with E-state index in [1.165, 1.54) is 31.0 Å².